The standard InChI is InChI=1S/C16H19N3O2S/c1-9-5-6-10(2)13(7-9)18-15(21)12(4)22-16-17-11(3)8-14(20)19-16/h5-8,12H,1-4H3,(H,18,21)(H,17,19,20)/t12-/m0/s1. The highest BCUT2D eigenvalue weighted by Gasteiger charge is 2.17. The molecule has 116 valence electrons. The number of hydrogen-bond acceptors (Lipinski definition) is 4. The molecule has 0 aliphatic heterocycles. The largest absolute Gasteiger partial charge is 0.325 e. The number of carbonyl (C=O) groups excluding carboxylic acids is 1. The summed E-state index contributed by atoms with van der Waals surface area (Å²) in [5.41, 5.74) is 3.33. The summed E-state index contributed by atoms with van der Waals surface area (Å²) in [7, 11) is 0. The number of rotatable bonds is 4. The van der Waals surface area contributed by atoms with Gasteiger partial charge in [-0.2, -0.15) is 0 Å². The molecule has 0 unspecified atom stereocenters. The molecule has 2 rings (SSSR count). The van der Waals surface area contributed by atoms with Gasteiger partial charge in [-0.3, -0.25) is 9.59 Å². The molecule has 0 fully saturated rings. The first-order valence-electron chi connectivity index (χ1n) is 6.98. The molecule has 1 aromatic heterocycles. The van der Waals surface area contributed by atoms with E-state index in [0.29, 0.717) is 10.9 Å². The summed E-state index contributed by atoms with van der Waals surface area (Å²) in [6.45, 7) is 7.47. The number of amides is 1. The second-order valence-corrected chi connectivity index (χ2v) is 6.59. The third kappa shape index (κ3) is 4.21. The Bertz CT molecular complexity index is 755. The van der Waals surface area contributed by atoms with Gasteiger partial charge in [0, 0.05) is 17.4 Å². The highest BCUT2D eigenvalue weighted by atomic mass is 32.2. The van der Waals surface area contributed by atoms with Crippen molar-refractivity contribution in [2.45, 2.75) is 38.1 Å². The lowest BCUT2D eigenvalue weighted by Gasteiger charge is -2.13. The normalized spacial score (nSPS) is 12.0. The quantitative estimate of drug-likeness (QED) is 0.671. The van der Waals surface area contributed by atoms with E-state index in [1.165, 1.54) is 17.8 Å². The van der Waals surface area contributed by atoms with Gasteiger partial charge in [-0.05, 0) is 44.9 Å². The zero-order valence-corrected chi connectivity index (χ0v) is 13.9. The van der Waals surface area contributed by atoms with Crippen molar-refractivity contribution in [2.75, 3.05) is 5.32 Å². The lowest BCUT2D eigenvalue weighted by atomic mass is 10.1. The van der Waals surface area contributed by atoms with E-state index in [0.717, 1.165) is 16.8 Å². The van der Waals surface area contributed by atoms with Crippen LogP contribution in [0.3, 0.4) is 0 Å². The maximum Gasteiger partial charge on any atom is 0.251 e. The fourth-order valence-corrected chi connectivity index (χ4v) is 2.79. The highest BCUT2D eigenvalue weighted by Crippen LogP contribution is 2.22. The van der Waals surface area contributed by atoms with Crippen molar-refractivity contribution in [2.24, 2.45) is 0 Å². The van der Waals surface area contributed by atoms with Gasteiger partial charge in [0.1, 0.15) is 0 Å². The number of nitrogens with one attached hydrogen (secondary N) is 2. The molecule has 0 bridgehead atoms. The molecule has 1 amide bonds. The molecule has 1 heterocycles. The zero-order valence-electron chi connectivity index (χ0n) is 13.1. The first-order chi connectivity index (χ1) is 10.3. The van der Waals surface area contributed by atoms with E-state index in [1.807, 2.05) is 32.0 Å². The van der Waals surface area contributed by atoms with Crippen molar-refractivity contribution < 1.29 is 4.79 Å². The number of carbonyl (C=O) groups is 1. The van der Waals surface area contributed by atoms with Gasteiger partial charge in [-0.1, -0.05) is 23.9 Å². The number of H-pyrrole nitrogens is 1. The summed E-state index contributed by atoms with van der Waals surface area (Å²) in [6.07, 6.45) is 0. The van der Waals surface area contributed by atoms with Crippen LogP contribution in [0.5, 0.6) is 0 Å². The van der Waals surface area contributed by atoms with Crippen molar-refractivity contribution in [3.63, 3.8) is 0 Å². The minimum atomic E-state index is -0.370. The van der Waals surface area contributed by atoms with Gasteiger partial charge in [-0.15, -0.1) is 0 Å². The van der Waals surface area contributed by atoms with Crippen molar-refractivity contribution in [1.82, 2.24) is 9.97 Å². The third-order valence-electron chi connectivity index (χ3n) is 3.16. The van der Waals surface area contributed by atoms with Crippen molar-refractivity contribution in [3.05, 3.63) is 51.4 Å². The molecular weight excluding hydrogens is 298 g/mol. The van der Waals surface area contributed by atoms with Crippen LogP contribution in [0, 0.1) is 20.8 Å². The van der Waals surface area contributed by atoms with Crippen molar-refractivity contribution in [3.8, 4) is 0 Å². The van der Waals surface area contributed by atoms with Crippen LogP contribution in [0.4, 0.5) is 5.69 Å². The van der Waals surface area contributed by atoms with Crippen LogP contribution in [-0.2, 0) is 4.79 Å². The van der Waals surface area contributed by atoms with Gasteiger partial charge in [-0.25, -0.2) is 4.98 Å². The lowest BCUT2D eigenvalue weighted by Crippen LogP contribution is -2.23. The minimum absolute atomic E-state index is 0.122. The number of aryl methyl sites for hydroxylation is 3. The molecule has 5 nitrogen and oxygen atoms in total. The summed E-state index contributed by atoms with van der Waals surface area (Å²) in [5.74, 6) is -0.122. The zero-order chi connectivity index (χ0) is 16.3. The van der Waals surface area contributed by atoms with E-state index in [4.69, 9.17) is 0 Å². The molecule has 2 aromatic rings. The first-order valence-corrected chi connectivity index (χ1v) is 7.86. The number of aromatic nitrogens is 2. The Hall–Kier alpha value is -2.08. The van der Waals surface area contributed by atoms with Gasteiger partial charge in [0.25, 0.3) is 5.56 Å². The topological polar surface area (TPSA) is 74.8 Å². The van der Waals surface area contributed by atoms with E-state index in [9.17, 15) is 9.59 Å². The minimum Gasteiger partial charge on any atom is -0.325 e. The van der Waals surface area contributed by atoms with E-state index >= 15 is 0 Å². The van der Waals surface area contributed by atoms with Crippen LogP contribution in [-0.4, -0.2) is 21.1 Å². The number of aromatic amines is 1. The maximum atomic E-state index is 12.3. The van der Waals surface area contributed by atoms with Gasteiger partial charge < -0.3 is 10.3 Å². The van der Waals surface area contributed by atoms with E-state index in [1.54, 1.807) is 13.8 Å². The van der Waals surface area contributed by atoms with Gasteiger partial charge in [0.2, 0.25) is 5.91 Å². The van der Waals surface area contributed by atoms with Crippen LogP contribution < -0.4 is 10.9 Å². The number of thioether (sulfide) groups is 1. The fourth-order valence-electron chi connectivity index (χ4n) is 1.93. The van der Waals surface area contributed by atoms with E-state index in [2.05, 4.69) is 15.3 Å². The molecular formula is C16H19N3O2S. The Morgan fingerprint density at radius 3 is 2.68 bits per heavy atom. The number of nitrogens with zero attached hydrogens (tertiary/aromatic N) is 1. The predicted octanol–water partition coefficient (Wildman–Crippen LogP) is 2.81. The second kappa shape index (κ2) is 6.79. The first kappa shape index (κ1) is 16.3. The lowest BCUT2D eigenvalue weighted by molar-refractivity contribution is -0.115. The number of anilines is 1. The number of hydrogen-bond donors (Lipinski definition) is 2. The molecule has 6 heteroatoms. The van der Waals surface area contributed by atoms with Crippen LogP contribution in [0.25, 0.3) is 0 Å². The molecule has 0 spiro atoms. The maximum absolute atomic E-state index is 12.3. The Morgan fingerprint density at radius 1 is 1.27 bits per heavy atom. The summed E-state index contributed by atoms with van der Waals surface area (Å²) in [6, 6.07) is 7.34. The van der Waals surface area contributed by atoms with Crippen LogP contribution in [0.2, 0.25) is 0 Å². The smallest absolute Gasteiger partial charge is 0.251 e. The summed E-state index contributed by atoms with van der Waals surface area (Å²) < 4.78 is 0. The molecule has 0 aliphatic carbocycles. The summed E-state index contributed by atoms with van der Waals surface area (Å²) >= 11 is 1.23. The molecule has 2 N–H and O–H groups in total. The Balaban J connectivity index is 2.09. The van der Waals surface area contributed by atoms with E-state index < -0.39 is 0 Å². The monoisotopic (exact) mass is 317 g/mol. The van der Waals surface area contributed by atoms with Crippen LogP contribution in [0.1, 0.15) is 23.7 Å². The van der Waals surface area contributed by atoms with Gasteiger partial charge >= 0.3 is 0 Å². The summed E-state index contributed by atoms with van der Waals surface area (Å²) in [4.78, 5) is 30.6. The Morgan fingerprint density at radius 2 is 2.00 bits per heavy atom. The predicted molar refractivity (Wildman–Crippen MR) is 89.5 cm³/mol. The SMILES string of the molecule is Cc1ccc(C)c(NC(=O)[C@H](C)Sc2nc(C)cc(=O)[nH]2)c1. The average molecular weight is 317 g/mol. The molecule has 22 heavy (non-hydrogen) atoms. The summed E-state index contributed by atoms with van der Waals surface area (Å²) in [5, 5.41) is 3.00. The fraction of sp³-hybridized carbons (Fsp3) is 0.312. The molecule has 0 saturated carbocycles. The van der Waals surface area contributed by atoms with Gasteiger partial charge in [0.15, 0.2) is 5.16 Å². The van der Waals surface area contributed by atoms with Crippen LogP contribution >= 0.6 is 11.8 Å². The number of benzene rings is 1. The molecule has 1 atom stereocenters. The molecule has 0 aliphatic rings. The van der Waals surface area contributed by atoms with Crippen LogP contribution in [0.15, 0.2) is 34.2 Å². The Kier molecular flexibility index (Phi) is 5.03. The van der Waals surface area contributed by atoms with Crippen molar-refractivity contribution in [1.29, 1.82) is 0 Å². The Labute approximate surface area is 133 Å². The molecule has 1 aromatic carbocycles. The molecule has 0 saturated heterocycles. The van der Waals surface area contributed by atoms with Gasteiger partial charge in [0.05, 0.1) is 5.25 Å². The second-order valence-electron chi connectivity index (χ2n) is 5.26. The third-order valence-corrected chi connectivity index (χ3v) is 4.14. The molecule has 0 radical (unpaired) electrons. The highest BCUT2D eigenvalue weighted by molar-refractivity contribution is 8.00. The van der Waals surface area contributed by atoms with Crippen molar-refractivity contribution >= 4 is 23.4 Å². The average Bonchev–Trinajstić information content (AvgIpc) is 2.41. The van der Waals surface area contributed by atoms with E-state index in [-0.39, 0.29) is 16.7 Å².